The first-order chi connectivity index (χ1) is 6.63. The lowest BCUT2D eigenvalue weighted by Crippen LogP contribution is -2.00. The van der Waals surface area contributed by atoms with Crippen molar-refractivity contribution in [2.45, 2.75) is 19.4 Å². The standard InChI is InChI=1S/C10H12ClNO2/c11-9-5-7(6-12)1-2-8(9)3-4-10(13)14/h1-2,5H,3-4,6,12H2,(H,13,14). The van der Waals surface area contributed by atoms with Crippen molar-refractivity contribution in [2.24, 2.45) is 5.73 Å². The van der Waals surface area contributed by atoms with Crippen LogP contribution < -0.4 is 5.73 Å². The van der Waals surface area contributed by atoms with Crippen LogP contribution >= 0.6 is 11.6 Å². The van der Waals surface area contributed by atoms with Gasteiger partial charge in [0.1, 0.15) is 0 Å². The third-order valence-corrected chi connectivity index (χ3v) is 2.31. The van der Waals surface area contributed by atoms with Gasteiger partial charge in [-0.25, -0.2) is 0 Å². The predicted octanol–water partition coefficient (Wildman–Crippen LogP) is 1.82. The maximum Gasteiger partial charge on any atom is 0.303 e. The van der Waals surface area contributed by atoms with E-state index in [0.717, 1.165) is 11.1 Å². The number of carboxylic acid groups (broad SMARTS) is 1. The third kappa shape index (κ3) is 3.01. The number of hydrogen-bond acceptors (Lipinski definition) is 2. The molecule has 1 rings (SSSR count). The highest BCUT2D eigenvalue weighted by molar-refractivity contribution is 6.31. The van der Waals surface area contributed by atoms with Gasteiger partial charge in [0.05, 0.1) is 0 Å². The Morgan fingerprint density at radius 2 is 2.21 bits per heavy atom. The van der Waals surface area contributed by atoms with Crippen LogP contribution in [-0.2, 0) is 17.8 Å². The van der Waals surface area contributed by atoms with Crippen LogP contribution in [-0.4, -0.2) is 11.1 Å². The maximum absolute atomic E-state index is 10.3. The minimum Gasteiger partial charge on any atom is -0.481 e. The van der Waals surface area contributed by atoms with Gasteiger partial charge in [-0.3, -0.25) is 4.79 Å². The highest BCUT2D eigenvalue weighted by Crippen LogP contribution is 2.19. The van der Waals surface area contributed by atoms with E-state index in [1.54, 1.807) is 6.07 Å². The summed E-state index contributed by atoms with van der Waals surface area (Å²) < 4.78 is 0. The van der Waals surface area contributed by atoms with Gasteiger partial charge in [0.2, 0.25) is 0 Å². The molecule has 0 aromatic heterocycles. The molecule has 0 saturated heterocycles. The molecular formula is C10H12ClNO2. The quantitative estimate of drug-likeness (QED) is 0.802. The number of carbonyl (C=O) groups is 1. The molecule has 0 aliphatic carbocycles. The van der Waals surface area contributed by atoms with E-state index < -0.39 is 5.97 Å². The third-order valence-electron chi connectivity index (χ3n) is 1.96. The maximum atomic E-state index is 10.3. The first-order valence-corrected chi connectivity index (χ1v) is 4.70. The highest BCUT2D eigenvalue weighted by atomic mass is 35.5. The summed E-state index contributed by atoms with van der Waals surface area (Å²) in [5.74, 6) is -0.816. The first-order valence-electron chi connectivity index (χ1n) is 4.32. The number of hydrogen-bond donors (Lipinski definition) is 2. The van der Waals surface area contributed by atoms with Gasteiger partial charge < -0.3 is 10.8 Å². The fourth-order valence-corrected chi connectivity index (χ4v) is 1.46. The van der Waals surface area contributed by atoms with Crippen LogP contribution in [0.1, 0.15) is 17.5 Å². The molecule has 0 radical (unpaired) electrons. The smallest absolute Gasteiger partial charge is 0.303 e. The van der Waals surface area contributed by atoms with E-state index >= 15 is 0 Å². The Hall–Kier alpha value is -1.06. The predicted molar refractivity (Wildman–Crippen MR) is 55.3 cm³/mol. The van der Waals surface area contributed by atoms with Gasteiger partial charge in [0, 0.05) is 18.0 Å². The number of nitrogens with two attached hydrogens (primary N) is 1. The normalized spacial score (nSPS) is 10.1. The molecule has 4 heteroatoms. The Morgan fingerprint density at radius 3 is 2.71 bits per heavy atom. The van der Waals surface area contributed by atoms with Crippen molar-refractivity contribution in [3.8, 4) is 0 Å². The molecule has 1 aromatic rings. The Bertz CT molecular complexity index is 339. The lowest BCUT2D eigenvalue weighted by Gasteiger charge is -2.04. The molecule has 0 saturated carbocycles. The summed E-state index contributed by atoms with van der Waals surface area (Å²) in [6.07, 6.45) is 0.556. The van der Waals surface area contributed by atoms with Gasteiger partial charge in [-0.05, 0) is 23.6 Å². The second-order valence-corrected chi connectivity index (χ2v) is 3.43. The van der Waals surface area contributed by atoms with E-state index in [4.69, 9.17) is 22.4 Å². The molecule has 3 N–H and O–H groups in total. The summed E-state index contributed by atoms with van der Waals surface area (Å²) in [5, 5.41) is 9.10. The van der Waals surface area contributed by atoms with E-state index in [0.29, 0.717) is 18.0 Å². The second-order valence-electron chi connectivity index (χ2n) is 3.02. The van der Waals surface area contributed by atoms with E-state index in [9.17, 15) is 4.79 Å². The number of carboxylic acids is 1. The minimum atomic E-state index is -0.816. The lowest BCUT2D eigenvalue weighted by molar-refractivity contribution is -0.136. The van der Waals surface area contributed by atoms with Crippen LogP contribution in [0.25, 0.3) is 0 Å². The van der Waals surface area contributed by atoms with Gasteiger partial charge in [-0.1, -0.05) is 23.7 Å². The first kappa shape index (κ1) is 11.0. The molecule has 76 valence electrons. The molecule has 0 fully saturated rings. The summed E-state index contributed by atoms with van der Waals surface area (Å²) in [6, 6.07) is 5.47. The summed E-state index contributed by atoms with van der Waals surface area (Å²) in [4.78, 5) is 10.3. The van der Waals surface area contributed by atoms with Crippen LogP contribution in [0, 0.1) is 0 Å². The van der Waals surface area contributed by atoms with Gasteiger partial charge in [-0.2, -0.15) is 0 Å². The Labute approximate surface area is 87.5 Å². The minimum absolute atomic E-state index is 0.0989. The van der Waals surface area contributed by atoms with Gasteiger partial charge in [-0.15, -0.1) is 0 Å². The zero-order valence-electron chi connectivity index (χ0n) is 7.66. The molecule has 14 heavy (non-hydrogen) atoms. The zero-order chi connectivity index (χ0) is 10.6. The largest absolute Gasteiger partial charge is 0.481 e. The monoisotopic (exact) mass is 213 g/mol. The molecule has 1 aromatic carbocycles. The Morgan fingerprint density at radius 1 is 1.50 bits per heavy atom. The molecule has 0 bridgehead atoms. The van der Waals surface area contributed by atoms with Crippen LogP contribution in [0.3, 0.4) is 0 Å². The van der Waals surface area contributed by atoms with Crippen molar-refractivity contribution in [1.29, 1.82) is 0 Å². The average molecular weight is 214 g/mol. The number of benzene rings is 1. The molecule has 0 aliphatic heterocycles. The SMILES string of the molecule is NCc1ccc(CCC(=O)O)c(Cl)c1. The van der Waals surface area contributed by atoms with E-state index in [1.165, 1.54) is 0 Å². The molecule has 0 unspecified atom stereocenters. The molecule has 0 atom stereocenters. The molecule has 0 amide bonds. The number of rotatable bonds is 4. The molecule has 0 aliphatic rings. The van der Waals surface area contributed by atoms with Gasteiger partial charge in [0.25, 0.3) is 0 Å². The number of halogens is 1. The number of aryl methyl sites for hydroxylation is 1. The van der Waals surface area contributed by atoms with Crippen molar-refractivity contribution < 1.29 is 9.90 Å². The molecule has 3 nitrogen and oxygen atoms in total. The summed E-state index contributed by atoms with van der Waals surface area (Å²) >= 11 is 5.94. The second kappa shape index (κ2) is 4.98. The van der Waals surface area contributed by atoms with Crippen molar-refractivity contribution in [2.75, 3.05) is 0 Å². The summed E-state index contributed by atoms with van der Waals surface area (Å²) in [6.45, 7) is 0.443. The van der Waals surface area contributed by atoms with Crippen LogP contribution in [0.5, 0.6) is 0 Å². The fourth-order valence-electron chi connectivity index (χ4n) is 1.16. The van der Waals surface area contributed by atoms with Crippen LogP contribution in [0.15, 0.2) is 18.2 Å². The fraction of sp³-hybridized carbons (Fsp3) is 0.300. The van der Waals surface area contributed by atoms with Crippen molar-refractivity contribution in [3.05, 3.63) is 34.3 Å². The summed E-state index contributed by atoms with van der Waals surface area (Å²) in [7, 11) is 0. The Balaban J connectivity index is 2.73. The summed E-state index contributed by atoms with van der Waals surface area (Å²) in [5.41, 5.74) is 7.24. The highest BCUT2D eigenvalue weighted by Gasteiger charge is 2.04. The van der Waals surface area contributed by atoms with Gasteiger partial charge >= 0.3 is 5.97 Å². The van der Waals surface area contributed by atoms with Crippen molar-refractivity contribution in [3.63, 3.8) is 0 Å². The van der Waals surface area contributed by atoms with Crippen LogP contribution in [0.4, 0.5) is 0 Å². The topological polar surface area (TPSA) is 63.3 Å². The lowest BCUT2D eigenvalue weighted by atomic mass is 10.1. The average Bonchev–Trinajstić information content (AvgIpc) is 2.15. The van der Waals surface area contributed by atoms with E-state index in [2.05, 4.69) is 0 Å². The molecule has 0 heterocycles. The number of aliphatic carboxylic acids is 1. The molecule has 0 spiro atoms. The Kier molecular flexibility index (Phi) is 3.92. The molecular weight excluding hydrogens is 202 g/mol. The van der Waals surface area contributed by atoms with Crippen LogP contribution in [0.2, 0.25) is 5.02 Å². The van der Waals surface area contributed by atoms with E-state index in [-0.39, 0.29) is 6.42 Å². The van der Waals surface area contributed by atoms with Crippen molar-refractivity contribution in [1.82, 2.24) is 0 Å². The van der Waals surface area contributed by atoms with Crippen molar-refractivity contribution >= 4 is 17.6 Å². The van der Waals surface area contributed by atoms with Gasteiger partial charge in [0.15, 0.2) is 0 Å². The zero-order valence-corrected chi connectivity index (χ0v) is 8.42. The van der Waals surface area contributed by atoms with E-state index in [1.807, 2.05) is 12.1 Å².